The molecular weight excluding hydrogens is 364 g/mol. The smallest absolute Gasteiger partial charge is 0.229 e. The van der Waals surface area contributed by atoms with Crippen LogP contribution in [-0.4, -0.2) is 16.5 Å². The van der Waals surface area contributed by atoms with Crippen LogP contribution in [0.25, 0.3) is 0 Å². The number of hydrogen-bond donors (Lipinski definition) is 1. The fraction of sp³-hybridized carbons (Fsp3) is 0.391. The van der Waals surface area contributed by atoms with Crippen molar-refractivity contribution >= 4 is 28.8 Å². The van der Waals surface area contributed by atoms with Gasteiger partial charge in [0, 0.05) is 28.4 Å². The van der Waals surface area contributed by atoms with Gasteiger partial charge in [0.1, 0.15) is 5.82 Å². The molecule has 3 aromatic rings. The minimum atomic E-state index is 0.699. The maximum Gasteiger partial charge on any atom is 0.229 e. The zero-order chi connectivity index (χ0) is 19.7. The number of benzene rings is 1. The summed E-state index contributed by atoms with van der Waals surface area (Å²) < 4.78 is 0. The summed E-state index contributed by atoms with van der Waals surface area (Å²) in [5, 5.41) is 5.66. The number of aryl methyl sites for hydroxylation is 4. The standard InChI is InChI=1S/C23H28N4S/c1-15-12-16(2)21(17(3)13-15)25-23-24-18(4)20-9-5-6-10-27(22(20)26-23)14-19-8-7-11-28-19/h7-8,11-13H,5-6,9-10,14H2,1-4H3,(H,24,25,26). The van der Waals surface area contributed by atoms with Crippen LogP contribution in [-0.2, 0) is 13.0 Å². The molecule has 0 bridgehead atoms. The van der Waals surface area contributed by atoms with Crippen molar-refractivity contribution in [2.45, 2.75) is 53.5 Å². The summed E-state index contributed by atoms with van der Waals surface area (Å²) >= 11 is 1.81. The number of nitrogens with one attached hydrogen (secondary N) is 1. The molecule has 28 heavy (non-hydrogen) atoms. The SMILES string of the molecule is Cc1cc(C)c(Nc2nc(C)c3c(n2)N(Cc2cccs2)CCCC3)c(C)c1. The molecular formula is C23H28N4S. The van der Waals surface area contributed by atoms with E-state index in [9.17, 15) is 0 Å². The lowest BCUT2D eigenvalue weighted by Crippen LogP contribution is -2.25. The monoisotopic (exact) mass is 392 g/mol. The zero-order valence-electron chi connectivity index (χ0n) is 17.2. The normalized spacial score (nSPS) is 13.9. The number of hydrogen-bond acceptors (Lipinski definition) is 5. The molecule has 3 heterocycles. The summed E-state index contributed by atoms with van der Waals surface area (Å²) in [5.74, 6) is 1.80. The van der Waals surface area contributed by atoms with Gasteiger partial charge >= 0.3 is 0 Å². The van der Waals surface area contributed by atoms with Crippen molar-refractivity contribution < 1.29 is 0 Å². The zero-order valence-corrected chi connectivity index (χ0v) is 18.0. The van der Waals surface area contributed by atoms with Gasteiger partial charge in [-0.25, -0.2) is 4.98 Å². The number of thiophene rings is 1. The largest absolute Gasteiger partial charge is 0.351 e. The van der Waals surface area contributed by atoms with Crippen LogP contribution in [0.3, 0.4) is 0 Å². The first-order valence-corrected chi connectivity index (χ1v) is 10.9. The third-order valence-electron chi connectivity index (χ3n) is 5.44. The fourth-order valence-corrected chi connectivity index (χ4v) is 4.85. The van der Waals surface area contributed by atoms with Crippen molar-refractivity contribution in [1.82, 2.24) is 9.97 Å². The second-order valence-electron chi connectivity index (χ2n) is 7.79. The van der Waals surface area contributed by atoms with E-state index in [0.29, 0.717) is 5.95 Å². The molecule has 5 heteroatoms. The molecule has 1 aliphatic rings. The lowest BCUT2D eigenvalue weighted by Gasteiger charge is -2.24. The molecule has 0 unspecified atom stereocenters. The van der Waals surface area contributed by atoms with Crippen molar-refractivity contribution in [3.63, 3.8) is 0 Å². The van der Waals surface area contributed by atoms with Gasteiger partial charge in [-0.05, 0) is 69.5 Å². The minimum absolute atomic E-state index is 0.699. The van der Waals surface area contributed by atoms with Crippen LogP contribution >= 0.6 is 11.3 Å². The third kappa shape index (κ3) is 3.90. The molecule has 1 N–H and O–H groups in total. The van der Waals surface area contributed by atoms with Crippen molar-refractivity contribution in [3.8, 4) is 0 Å². The van der Waals surface area contributed by atoms with Gasteiger partial charge < -0.3 is 10.2 Å². The topological polar surface area (TPSA) is 41.1 Å². The van der Waals surface area contributed by atoms with Gasteiger partial charge in [-0.2, -0.15) is 4.98 Å². The summed E-state index contributed by atoms with van der Waals surface area (Å²) in [4.78, 5) is 13.6. The molecule has 0 saturated heterocycles. The molecule has 4 rings (SSSR count). The van der Waals surface area contributed by atoms with E-state index in [1.165, 1.54) is 40.0 Å². The molecule has 0 atom stereocenters. The Bertz CT molecular complexity index is 956. The number of anilines is 3. The Labute approximate surface area is 171 Å². The Morgan fingerprint density at radius 1 is 1.07 bits per heavy atom. The van der Waals surface area contributed by atoms with Gasteiger partial charge in [0.2, 0.25) is 5.95 Å². The van der Waals surface area contributed by atoms with Crippen molar-refractivity contribution in [2.24, 2.45) is 0 Å². The molecule has 1 aromatic carbocycles. The number of aromatic nitrogens is 2. The highest BCUT2D eigenvalue weighted by molar-refractivity contribution is 7.09. The molecule has 1 aliphatic heterocycles. The molecule has 0 saturated carbocycles. The average Bonchev–Trinajstić information content (AvgIpc) is 3.06. The molecule has 2 aromatic heterocycles. The van der Waals surface area contributed by atoms with E-state index in [0.717, 1.165) is 36.7 Å². The maximum absolute atomic E-state index is 5.00. The Morgan fingerprint density at radius 2 is 1.86 bits per heavy atom. The van der Waals surface area contributed by atoms with E-state index in [1.54, 1.807) is 0 Å². The first-order chi connectivity index (χ1) is 13.5. The maximum atomic E-state index is 5.00. The Kier molecular flexibility index (Phi) is 5.36. The van der Waals surface area contributed by atoms with E-state index < -0.39 is 0 Å². The first kappa shape index (κ1) is 18.9. The lowest BCUT2D eigenvalue weighted by molar-refractivity contribution is 0.714. The summed E-state index contributed by atoms with van der Waals surface area (Å²) in [6, 6.07) is 8.74. The molecule has 4 nitrogen and oxygen atoms in total. The van der Waals surface area contributed by atoms with Crippen LogP contribution in [0.15, 0.2) is 29.6 Å². The second-order valence-corrected chi connectivity index (χ2v) is 8.82. The predicted molar refractivity (Wildman–Crippen MR) is 119 cm³/mol. The molecule has 146 valence electrons. The molecule has 0 spiro atoms. The van der Waals surface area contributed by atoms with Gasteiger partial charge in [-0.3, -0.25) is 0 Å². The van der Waals surface area contributed by atoms with E-state index in [1.807, 2.05) is 11.3 Å². The van der Waals surface area contributed by atoms with Gasteiger partial charge in [-0.1, -0.05) is 23.8 Å². The molecule has 0 fully saturated rings. The first-order valence-electron chi connectivity index (χ1n) is 10.0. The Morgan fingerprint density at radius 3 is 2.57 bits per heavy atom. The van der Waals surface area contributed by atoms with Gasteiger partial charge in [0.15, 0.2) is 0 Å². The van der Waals surface area contributed by atoms with Crippen LogP contribution in [0, 0.1) is 27.7 Å². The van der Waals surface area contributed by atoms with Crippen LogP contribution in [0.4, 0.5) is 17.5 Å². The van der Waals surface area contributed by atoms with Gasteiger partial charge in [0.25, 0.3) is 0 Å². The number of nitrogens with zero attached hydrogens (tertiary/aromatic N) is 3. The van der Waals surface area contributed by atoms with Crippen LogP contribution in [0.5, 0.6) is 0 Å². The van der Waals surface area contributed by atoms with E-state index in [4.69, 9.17) is 9.97 Å². The fourth-order valence-electron chi connectivity index (χ4n) is 4.14. The van der Waals surface area contributed by atoms with Crippen LogP contribution in [0.1, 0.15) is 45.7 Å². The summed E-state index contributed by atoms with van der Waals surface area (Å²) in [7, 11) is 0. The van der Waals surface area contributed by atoms with E-state index in [2.05, 4.69) is 67.6 Å². The summed E-state index contributed by atoms with van der Waals surface area (Å²) in [6.45, 7) is 10.5. The highest BCUT2D eigenvalue weighted by Crippen LogP contribution is 2.31. The third-order valence-corrected chi connectivity index (χ3v) is 6.30. The molecule has 0 aliphatic carbocycles. The van der Waals surface area contributed by atoms with E-state index in [-0.39, 0.29) is 0 Å². The molecule has 0 amide bonds. The van der Waals surface area contributed by atoms with Crippen molar-refractivity contribution in [1.29, 1.82) is 0 Å². The molecule has 0 radical (unpaired) electrons. The average molecular weight is 393 g/mol. The van der Waals surface area contributed by atoms with Gasteiger partial charge in [-0.15, -0.1) is 11.3 Å². The Hall–Kier alpha value is -2.40. The Balaban J connectivity index is 1.71. The highest BCUT2D eigenvalue weighted by atomic mass is 32.1. The second kappa shape index (κ2) is 7.92. The van der Waals surface area contributed by atoms with Crippen molar-refractivity contribution in [3.05, 3.63) is 62.5 Å². The van der Waals surface area contributed by atoms with Crippen LogP contribution in [0.2, 0.25) is 0 Å². The number of rotatable bonds is 4. The number of fused-ring (bicyclic) bond motifs is 1. The van der Waals surface area contributed by atoms with Crippen molar-refractivity contribution in [2.75, 3.05) is 16.8 Å². The lowest BCUT2D eigenvalue weighted by atomic mass is 10.1. The predicted octanol–water partition coefficient (Wildman–Crippen LogP) is 5.86. The van der Waals surface area contributed by atoms with Crippen LogP contribution < -0.4 is 10.2 Å². The van der Waals surface area contributed by atoms with Gasteiger partial charge in [0.05, 0.1) is 6.54 Å². The summed E-state index contributed by atoms with van der Waals surface area (Å²) in [6.07, 6.45) is 3.45. The van der Waals surface area contributed by atoms with E-state index >= 15 is 0 Å². The minimum Gasteiger partial charge on any atom is -0.351 e. The highest BCUT2D eigenvalue weighted by Gasteiger charge is 2.21. The summed E-state index contributed by atoms with van der Waals surface area (Å²) in [5.41, 5.74) is 7.24. The quantitative estimate of drug-likeness (QED) is 0.604.